The molecule has 13 nitrogen and oxygen atoms in total. The number of alkyl carbamates (subject to hydrolysis) is 1. The molecule has 0 bridgehead atoms. The fourth-order valence-corrected chi connectivity index (χ4v) is 2.20. The lowest BCUT2D eigenvalue weighted by Crippen LogP contribution is -2.45. The van der Waals surface area contributed by atoms with Gasteiger partial charge in [-0.25, -0.2) is 9.59 Å². The van der Waals surface area contributed by atoms with Crippen molar-refractivity contribution in [1.82, 2.24) is 5.32 Å². The Bertz CT molecular complexity index is 1080. The van der Waals surface area contributed by atoms with E-state index in [-0.39, 0.29) is 24.5 Å². The third-order valence-corrected chi connectivity index (χ3v) is 3.56. The normalized spacial score (nSPS) is 11.4. The number of primary amides is 1. The zero-order chi connectivity index (χ0) is 24.5. The first kappa shape index (κ1) is 26.1. The fourth-order valence-electron chi connectivity index (χ4n) is 2.20. The highest BCUT2D eigenvalue weighted by atomic mass is 32.2. The zero-order valence-corrected chi connectivity index (χ0v) is 17.5. The number of aromatic nitrogens is 1. The number of nitrogens with zero attached hydrogens (tertiary/aromatic N) is 1. The highest BCUT2D eigenvalue weighted by Crippen LogP contribution is 2.25. The maximum Gasteiger partial charge on any atom is 0.412 e. The molecule has 0 spiro atoms. The number of ether oxygens (including phenoxy) is 1. The number of aliphatic carboxylic acids is 1. The summed E-state index contributed by atoms with van der Waals surface area (Å²) in [5.74, 6) is -2.68. The molecule has 2 aromatic rings. The molecule has 0 aliphatic heterocycles. The van der Waals surface area contributed by atoms with Crippen LogP contribution in [0.15, 0.2) is 42.7 Å². The molecule has 0 aliphatic rings. The van der Waals surface area contributed by atoms with Crippen LogP contribution < -0.4 is 15.6 Å². The average molecular weight is 472 g/mol. The van der Waals surface area contributed by atoms with Crippen LogP contribution in [0.4, 0.5) is 4.79 Å². The Kier molecular flexibility index (Phi) is 9.37. The molecule has 1 atom stereocenters. The third kappa shape index (κ3) is 10.2. The van der Waals surface area contributed by atoms with Gasteiger partial charge in [-0.3, -0.25) is 9.35 Å². The molecule has 0 radical (unpaired) electrons. The summed E-state index contributed by atoms with van der Waals surface area (Å²) in [6.07, 6.45) is 2.51. The van der Waals surface area contributed by atoms with E-state index in [4.69, 9.17) is 15.0 Å². The van der Waals surface area contributed by atoms with E-state index in [9.17, 15) is 38.1 Å². The lowest BCUT2D eigenvalue weighted by molar-refractivity contribution is -0.727. The summed E-state index contributed by atoms with van der Waals surface area (Å²) in [6.45, 7) is -0.265. The average Bonchev–Trinajstić information content (AvgIpc) is 2.67. The van der Waals surface area contributed by atoms with Crippen molar-refractivity contribution in [1.29, 1.82) is 0 Å². The molecule has 174 valence electrons. The third-order valence-electron chi connectivity index (χ3n) is 3.56. The minimum Gasteiger partial charge on any atom is -0.504 e. The van der Waals surface area contributed by atoms with Crippen molar-refractivity contribution >= 4 is 28.1 Å². The highest BCUT2D eigenvalue weighted by molar-refractivity contribution is 7.85. The van der Waals surface area contributed by atoms with Crippen LogP contribution in [0.25, 0.3) is 0 Å². The van der Waals surface area contributed by atoms with Gasteiger partial charge in [-0.1, -0.05) is 6.07 Å². The summed E-state index contributed by atoms with van der Waals surface area (Å²) in [4.78, 5) is 34.3. The molecule has 0 aliphatic carbocycles. The van der Waals surface area contributed by atoms with Crippen LogP contribution in [0, 0.1) is 0 Å². The van der Waals surface area contributed by atoms with Gasteiger partial charge in [0.05, 0.1) is 6.26 Å². The van der Waals surface area contributed by atoms with E-state index >= 15 is 0 Å². The van der Waals surface area contributed by atoms with E-state index in [2.05, 4.69) is 5.32 Å². The number of amides is 2. The zero-order valence-electron chi connectivity index (χ0n) is 16.7. The number of carboxylic acids is 1. The van der Waals surface area contributed by atoms with Gasteiger partial charge in [0, 0.05) is 12.5 Å². The Morgan fingerprint density at radius 3 is 2.34 bits per heavy atom. The minimum absolute atomic E-state index is 0.136. The van der Waals surface area contributed by atoms with E-state index < -0.39 is 39.9 Å². The number of phenolic OH excluding ortho intramolecular Hbond substituents is 2. The standard InChI is InChI=1S/C17H17N3O7.CH4O3S/c18-15(23)11-2-1-5-20(8-11)9-27-17(26)19-12(16(24)25)6-10-3-4-13(21)14(22)7-10;1-5(2,3)4/h1-5,7-8,12H,6,9H2,(H5-,18,19,21,22,23,24,25,26);1H3,(H,2,3,4)/p+1. The predicted octanol–water partition coefficient (Wildman–Crippen LogP) is -0.632. The van der Waals surface area contributed by atoms with Gasteiger partial charge in [-0.2, -0.15) is 13.0 Å². The fraction of sp³-hybridized carbons (Fsp3) is 0.222. The van der Waals surface area contributed by atoms with Gasteiger partial charge in [-0.05, 0) is 23.8 Å². The monoisotopic (exact) mass is 472 g/mol. The van der Waals surface area contributed by atoms with Crippen molar-refractivity contribution in [3.05, 3.63) is 53.9 Å². The summed E-state index contributed by atoms with van der Waals surface area (Å²) < 4.78 is 32.2. The number of nitrogens with two attached hydrogens (primary N) is 1. The van der Waals surface area contributed by atoms with E-state index in [0.717, 1.165) is 0 Å². The van der Waals surface area contributed by atoms with E-state index in [0.29, 0.717) is 11.8 Å². The van der Waals surface area contributed by atoms with E-state index in [1.54, 1.807) is 6.07 Å². The molecule has 0 saturated carbocycles. The van der Waals surface area contributed by atoms with Gasteiger partial charge in [-0.15, -0.1) is 0 Å². The van der Waals surface area contributed by atoms with Crippen LogP contribution >= 0.6 is 0 Å². The summed E-state index contributed by atoms with van der Waals surface area (Å²) >= 11 is 0. The van der Waals surface area contributed by atoms with Crippen molar-refractivity contribution in [3.63, 3.8) is 0 Å². The minimum atomic E-state index is -3.67. The molecular formula is C18H22N3O10S+. The number of benzene rings is 1. The highest BCUT2D eigenvalue weighted by Gasteiger charge is 2.22. The molecule has 1 aromatic heterocycles. The van der Waals surface area contributed by atoms with Crippen LogP contribution in [0.5, 0.6) is 11.5 Å². The van der Waals surface area contributed by atoms with Crippen molar-refractivity contribution < 1.29 is 52.0 Å². The second kappa shape index (κ2) is 11.5. The molecular weight excluding hydrogens is 450 g/mol. The first-order valence-corrected chi connectivity index (χ1v) is 10.5. The Labute approximate surface area is 182 Å². The lowest BCUT2D eigenvalue weighted by atomic mass is 10.1. The molecule has 0 saturated heterocycles. The van der Waals surface area contributed by atoms with Crippen molar-refractivity contribution in [2.45, 2.75) is 19.2 Å². The lowest BCUT2D eigenvalue weighted by Gasteiger charge is -2.14. The molecule has 1 aromatic carbocycles. The van der Waals surface area contributed by atoms with E-state index in [1.807, 2.05) is 0 Å². The van der Waals surface area contributed by atoms with Crippen LogP contribution in [-0.2, 0) is 32.8 Å². The van der Waals surface area contributed by atoms with Gasteiger partial charge in [0.15, 0.2) is 23.9 Å². The molecule has 14 heteroatoms. The van der Waals surface area contributed by atoms with E-state index in [1.165, 1.54) is 41.2 Å². The maximum absolute atomic E-state index is 11.9. The van der Waals surface area contributed by atoms with Crippen LogP contribution in [-0.4, -0.2) is 58.6 Å². The van der Waals surface area contributed by atoms with Crippen molar-refractivity contribution in [3.8, 4) is 11.5 Å². The summed E-state index contributed by atoms with van der Waals surface area (Å²) in [5.41, 5.74) is 5.77. The van der Waals surface area contributed by atoms with Crippen molar-refractivity contribution in [2.24, 2.45) is 5.73 Å². The second-order valence-corrected chi connectivity index (χ2v) is 7.79. The largest absolute Gasteiger partial charge is 0.504 e. The molecule has 2 amide bonds. The Balaban J connectivity index is 0.000000920. The summed E-state index contributed by atoms with van der Waals surface area (Å²) in [7, 11) is -3.67. The van der Waals surface area contributed by atoms with Gasteiger partial charge in [0.25, 0.3) is 22.8 Å². The Morgan fingerprint density at radius 2 is 1.81 bits per heavy atom. The number of phenols is 2. The molecule has 0 fully saturated rings. The SMILES string of the molecule is CS(=O)(=O)O.NC(=O)c1ccc[n+](COC(=O)NC(Cc2ccc(O)c(O)c2)C(=O)O)c1. The second-order valence-electron chi connectivity index (χ2n) is 6.33. The van der Waals surface area contributed by atoms with Gasteiger partial charge in [0.2, 0.25) is 0 Å². The number of carbonyl (C=O) groups is 3. The summed E-state index contributed by atoms with van der Waals surface area (Å²) in [5, 5.41) is 30.2. The van der Waals surface area contributed by atoms with Crippen LogP contribution in [0.2, 0.25) is 0 Å². The number of carboxylic acid groups (broad SMARTS) is 1. The molecule has 2 rings (SSSR count). The molecule has 32 heavy (non-hydrogen) atoms. The van der Waals surface area contributed by atoms with Gasteiger partial charge >= 0.3 is 12.1 Å². The quantitative estimate of drug-likeness (QED) is 0.170. The van der Waals surface area contributed by atoms with Gasteiger partial charge in [0.1, 0.15) is 11.6 Å². The van der Waals surface area contributed by atoms with Crippen LogP contribution in [0.3, 0.4) is 0 Å². The number of aromatic hydroxyl groups is 2. The summed E-state index contributed by atoms with van der Waals surface area (Å²) in [6, 6.07) is 5.55. The number of rotatable bonds is 7. The smallest absolute Gasteiger partial charge is 0.412 e. The van der Waals surface area contributed by atoms with Gasteiger partial charge < -0.3 is 31.1 Å². The number of pyridine rings is 1. The van der Waals surface area contributed by atoms with Crippen LogP contribution in [0.1, 0.15) is 15.9 Å². The number of hydrogen-bond acceptors (Lipinski definition) is 8. The number of carbonyl (C=O) groups excluding carboxylic acids is 2. The first-order chi connectivity index (χ1) is 14.8. The maximum atomic E-state index is 11.9. The number of nitrogens with one attached hydrogen (secondary N) is 1. The Morgan fingerprint density at radius 1 is 1.19 bits per heavy atom. The number of hydrogen-bond donors (Lipinski definition) is 6. The predicted molar refractivity (Wildman–Crippen MR) is 107 cm³/mol. The molecule has 1 unspecified atom stereocenters. The molecule has 1 heterocycles. The Hall–Kier alpha value is -3.91. The molecule has 7 N–H and O–H groups in total. The topological polar surface area (TPSA) is 217 Å². The first-order valence-electron chi connectivity index (χ1n) is 8.64. The van der Waals surface area contributed by atoms with Crippen molar-refractivity contribution in [2.75, 3.05) is 6.26 Å².